The molecule has 0 fully saturated rings. The highest BCUT2D eigenvalue weighted by atomic mass is 31.2. The molecule has 0 rings (SSSR count). The van der Waals surface area contributed by atoms with Crippen molar-refractivity contribution in [2.24, 2.45) is 0 Å². The SMILES string of the molecule is CC(C#N)ON(N(C(C)C)C(C)C)P(O)O. The van der Waals surface area contributed by atoms with E-state index >= 15 is 0 Å². The van der Waals surface area contributed by atoms with Gasteiger partial charge in [0.1, 0.15) is 0 Å². The van der Waals surface area contributed by atoms with Gasteiger partial charge in [-0.05, 0) is 39.6 Å². The molecule has 1 atom stereocenters. The van der Waals surface area contributed by atoms with Crippen molar-refractivity contribution in [3.63, 3.8) is 0 Å². The van der Waals surface area contributed by atoms with Crippen molar-refractivity contribution in [3.8, 4) is 6.07 Å². The molecule has 0 heterocycles. The monoisotopic (exact) mass is 249 g/mol. The Morgan fingerprint density at radius 2 is 1.56 bits per heavy atom. The molecule has 0 aromatic carbocycles. The van der Waals surface area contributed by atoms with Crippen LogP contribution in [0.2, 0.25) is 0 Å². The van der Waals surface area contributed by atoms with Crippen LogP contribution < -0.4 is 0 Å². The van der Waals surface area contributed by atoms with E-state index in [1.807, 2.05) is 33.8 Å². The van der Waals surface area contributed by atoms with E-state index in [1.165, 1.54) is 0 Å². The van der Waals surface area contributed by atoms with Crippen LogP contribution in [0, 0.1) is 11.3 Å². The summed E-state index contributed by atoms with van der Waals surface area (Å²) in [6.45, 7) is 9.18. The zero-order valence-electron chi connectivity index (χ0n) is 10.3. The van der Waals surface area contributed by atoms with Gasteiger partial charge >= 0.3 is 0 Å². The summed E-state index contributed by atoms with van der Waals surface area (Å²) in [7, 11) is -2.42. The summed E-state index contributed by atoms with van der Waals surface area (Å²) in [6, 6.07) is 1.96. The maximum atomic E-state index is 9.29. The summed E-state index contributed by atoms with van der Waals surface area (Å²) in [5.41, 5.74) is 0. The Bertz CT molecular complexity index is 235. The third-order valence-corrected chi connectivity index (χ3v) is 2.45. The van der Waals surface area contributed by atoms with Gasteiger partial charge in [0.15, 0.2) is 6.10 Å². The molecule has 94 valence electrons. The minimum atomic E-state index is -2.42. The summed E-state index contributed by atoms with van der Waals surface area (Å²) in [6.07, 6.45) is -0.732. The van der Waals surface area contributed by atoms with Gasteiger partial charge in [0.2, 0.25) is 0 Å². The van der Waals surface area contributed by atoms with Crippen molar-refractivity contribution in [1.82, 2.24) is 9.95 Å². The van der Waals surface area contributed by atoms with Crippen LogP contribution in [-0.4, -0.2) is 37.9 Å². The van der Waals surface area contributed by atoms with Crippen LogP contribution in [0.25, 0.3) is 0 Å². The minimum absolute atomic E-state index is 0.0372. The Morgan fingerprint density at radius 3 is 1.81 bits per heavy atom. The average molecular weight is 249 g/mol. The predicted molar refractivity (Wildman–Crippen MR) is 61.5 cm³/mol. The first-order valence-electron chi connectivity index (χ1n) is 5.13. The lowest BCUT2D eigenvalue weighted by Crippen LogP contribution is -2.48. The molecule has 0 aromatic heterocycles. The number of hydrazine groups is 1. The van der Waals surface area contributed by atoms with Gasteiger partial charge in [0.25, 0.3) is 8.53 Å². The fourth-order valence-electron chi connectivity index (χ4n) is 1.35. The van der Waals surface area contributed by atoms with Gasteiger partial charge in [-0.25, -0.2) is 5.01 Å². The largest absolute Gasteiger partial charge is 0.336 e. The summed E-state index contributed by atoms with van der Waals surface area (Å²) in [5, 5.41) is 10.3. The fourth-order valence-corrected chi connectivity index (χ4v) is 2.17. The van der Waals surface area contributed by atoms with Gasteiger partial charge in [0, 0.05) is 12.1 Å². The van der Waals surface area contributed by atoms with Crippen molar-refractivity contribution in [2.75, 3.05) is 0 Å². The molecule has 0 saturated heterocycles. The molecule has 0 saturated carbocycles. The first kappa shape index (κ1) is 15.7. The van der Waals surface area contributed by atoms with Gasteiger partial charge in [-0.1, -0.05) is 0 Å². The van der Waals surface area contributed by atoms with E-state index in [2.05, 4.69) is 0 Å². The van der Waals surface area contributed by atoms with E-state index < -0.39 is 14.6 Å². The zero-order chi connectivity index (χ0) is 12.9. The van der Waals surface area contributed by atoms with Gasteiger partial charge in [-0.2, -0.15) is 5.26 Å². The van der Waals surface area contributed by atoms with Crippen LogP contribution in [-0.2, 0) is 4.84 Å². The highest BCUT2D eigenvalue weighted by Gasteiger charge is 2.30. The van der Waals surface area contributed by atoms with Crippen molar-refractivity contribution >= 4 is 8.53 Å². The molecule has 0 aliphatic rings. The van der Waals surface area contributed by atoms with E-state index in [4.69, 9.17) is 10.1 Å². The molecular weight excluding hydrogens is 229 g/mol. The molecule has 0 aliphatic heterocycles. The topological polar surface area (TPSA) is 80.0 Å². The van der Waals surface area contributed by atoms with E-state index in [9.17, 15) is 9.79 Å². The number of nitrogens with zero attached hydrogens (tertiary/aromatic N) is 3. The molecule has 0 aliphatic carbocycles. The number of rotatable bonds is 6. The second-order valence-electron chi connectivity index (χ2n) is 3.97. The maximum absolute atomic E-state index is 9.29. The lowest BCUT2D eigenvalue weighted by Gasteiger charge is -2.39. The van der Waals surface area contributed by atoms with Crippen LogP contribution in [0.15, 0.2) is 0 Å². The molecule has 0 amide bonds. The fraction of sp³-hybridized carbons (Fsp3) is 0.889. The summed E-state index contributed by atoms with van der Waals surface area (Å²) >= 11 is 0. The lowest BCUT2D eigenvalue weighted by molar-refractivity contribution is -0.257. The second kappa shape index (κ2) is 7.13. The molecule has 1 unspecified atom stereocenters. The van der Waals surface area contributed by atoms with Crippen LogP contribution >= 0.6 is 8.53 Å². The van der Waals surface area contributed by atoms with E-state index in [0.29, 0.717) is 0 Å². The summed E-state index contributed by atoms with van der Waals surface area (Å²) < 4.78 is 0. The number of nitriles is 1. The van der Waals surface area contributed by atoms with Gasteiger partial charge in [-0.3, -0.25) is 4.84 Å². The van der Waals surface area contributed by atoms with Crippen molar-refractivity contribution in [1.29, 1.82) is 5.26 Å². The number of hydrogen-bond acceptors (Lipinski definition) is 6. The Labute approximate surface area is 97.9 Å². The maximum Gasteiger partial charge on any atom is 0.294 e. The molecule has 6 nitrogen and oxygen atoms in total. The Morgan fingerprint density at radius 1 is 1.12 bits per heavy atom. The van der Waals surface area contributed by atoms with E-state index in [0.717, 1.165) is 4.94 Å². The van der Waals surface area contributed by atoms with Crippen molar-refractivity contribution in [3.05, 3.63) is 0 Å². The molecule has 0 radical (unpaired) electrons. The average Bonchev–Trinajstić information content (AvgIpc) is 2.14. The highest BCUT2D eigenvalue weighted by molar-refractivity contribution is 7.42. The smallest absolute Gasteiger partial charge is 0.294 e. The lowest BCUT2D eigenvalue weighted by atomic mass is 10.3. The van der Waals surface area contributed by atoms with Crippen LogP contribution in [0.3, 0.4) is 0 Å². The number of hydrogen-bond donors (Lipinski definition) is 2. The third-order valence-electron chi connectivity index (χ3n) is 1.84. The van der Waals surface area contributed by atoms with E-state index in [1.54, 1.807) is 11.9 Å². The highest BCUT2D eigenvalue weighted by Crippen LogP contribution is 2.34. The normalized spacial score (nSPS) is 14.2. The molecule has 2 N–H and O–H groups in total. The third kappa shape index (κ3) is 4.71. The second-order valence-corrected chi connectivity index (χ2v) is 4.84. The Hall–Kier alpha value is -0.280. The van der Waals surface area contributed by atoms with Crippen molar-refractivity contribution in [2.45, 2.75) is 52.8 Å². The summed E-state index contributed by atoms with van der Waals surface area (Å²) in [4.78, 5) is 24.8. The quantitative estimate of drug-likeness (QED) is 0.546. The standard InChI is InChI=1S/C9H20N3O3P/c1-7(2)11(8(3)4)12(16(13)14)15-9(5)6-10/h7-9,13-14H,1-5H3. The Balaban J connectivity index is 4.80. The predicted octanol–water partition coefficient (Wildman–Crippen LogP) is 1.38. The van der Waals surface area contributed by atoms with Crippen molar-refractivity contribution < 1.29 is 14.6 Å². The minimum Gasteiger partial charge on any atom is -0.336 e. The van der Waals surface area contributed by atoms with Crippen LogP contribution in [0.1, 0.15) is 34.6 Å². The molecule has 0 bridgehead atoms. The molecule has 0 aromatic rings. The first-order chi connectivity index (χ1) is 7.31. The van der Waals surface area contributed by atoms with Gasteiger partial charge in [-0.15, -0.1) is 0 Å². The van der Waals surface area contributed by atoms with Gasteiger partial charge in [0.05, 0.1) is 6.07 Å². The molecule has 0 spiro atoms. The van der Waals surface area contributed by atoms with E-state index in [-0.39, 0.29) is 12.1 Å². The molecular formula is C9H20N3O3P. The van der Waals surface area contributed by atoms with Gasteiger partial charge < -0.3 is 9.79 Å². The molecule has 16 heavy (non-hydrogen) atoms. The summed E-state index contributed by atoms with van der Waals surface area (Å²) in [5.74, 6) is 0. The van der Waals surface area contributed by atoms with Crippen LogP contribution in [0.4, 0.5) is 0 Å². The van der Waals surface area contributed by atoms with Crippen LogP contribution in [0.5, 0.6) is 0 Å². The Kier molecular flexibility index (Phi) is 7.00. The zero-order valence-corrected chi connectivity index (χ0v) is 11.2. The molecule has 7 heteroatoms. The first-order valence-corrected chi connectivity index (χ1v) is 6.33.